The Hall–Kier alpha value is -1.39. The lowest BCUT2D eigenvalue weighted by atomic mass is 10.3. The second-order valence-electron chi connectivity index (χ2n) is 2.67. The van der Waals surface area contributed by atoms with Crippen molar-refractivity contribution in [1.82, 2.24) is 4.90 Å². The molecule has 12 heavy (non-hydrogen) atoms. The molecular formula is C7H9NO4. The van der Waals surface area contributed by atoms with E-state index in [1.165, 1.54) is 4.90 Å². The number of hydrogen-bond donors (Lipinski definition) is 1. The molecule has 1 heterocycles. The van der Waals surface area contributed by atoms with Crippen molar-refractivity contribution in [2.24, 2.45) is 0 Å². The molecule has 1 saturated heterocycles. The van der Waals surface area contributed by atoms with Crippen LogP contribution >= 0.6 is 0 Å². The zero-order chi connectivity index (χ0) is 9.14. The molecule has 0 spiro atoms. The third kappa shape index (κ3) is 2.05. The fourth-order valence-electron chi connectivity index (χ4n) is 1.07. The van der Waals surface area contributed by atoms with Crippen LogP contribution in [-0.4, -0.2) is 40.8 Å². The van der Waals surface area contributed by atoms with Gasteiger partial charge in [0.1, 0.15) is 0 Å². The molecule has 5 nitrogen and oxygen atoms in total. The van der Waals surface area contributed by atoms with Gasteiger partial charge in [-0.1, -0.05) is 0 Å². The summed E-state index contributed by atoms with van der Waals surface area (Å²) in [5.74, 6) is -1.35. The van der Waals surface area contributed by atoms with Gasteiger partial charge in [0.15, 0.2) is 5.78 Å². The van der Waals surface area contributed by atoms with Gasteiger partial charge in [0.2, 0.25) is 5.91 Å². The number of carbonyl (C=O) groups is 3. The molecule has 5 heteroatoms. The van der Waals surface area contributed by atoms with E-state index in [1.807, 2.05) is 0 Å². The number of amides is 1. The van der Waals surface area contributed by atoms with E-state index in [4.69, 9.17) is 5.11 Å². The van der Waals surface area contributed by atoms with Crippen LogP contribution in [0, 0.1) is 0 Å². The Morgan fingerprint density at radius 1 is 1.50 bits per heavy atom. The third-order valence-electron chi connectivity index (χ3n) is 1.66. The second kappa shape index (κ2) is 3.34. The van der Waals surface area contributed by atoms with Gasteiger partial charge in [-0.2, -0.15) is 0 Å². The van der Waals surface area contributed by atoms with Crippen molar-refractivity contribution in [2.75, 3.05) is 13.1 Å². The molecule has 0 atom stereocenters. The molecule has 0 bridgehead atoms. The van der Waals surface area contributed by atoms with Crippen molar-refractivity contribution in [3.05, 3.63) is 0 Å². The molecule has 1 aliphatic heterocycles. The van der Waals surface area contributed by atoms with Crippen LogP contribution in [-0.2, 0) is 14.4 Å². The lowest BCUT2D eigenvalue weighted by molar-refractivity contribution is -0.138. The van der Waals surface area contributed by atoms with Crippen molar-refractivity contribution in [3.8, 4) is 0 Å². The number of rotatable bonds is 3. The Balaban J connectivity index is 2.38. The summed E-state index contributed by atoms with van der Waals surface area (Å²) in [5.41, 5.74) is 0. The van der Waals surface area contributed by atoms with Crippen LogP contribution in [0.25, 0.3) is 0 Å². The number of likely N-dealkylation sites (tertiary alicyclic amines) is 1. The first-order valence-corrected chi connectivity index (χ1v) is 3.61. The molecule has 1 rings (SSSR count). The highest BCUT2D eigenvalue weighted by molar-refractivity contribution is 6.05. The summed E-state index contributed by atoms with van der Waals surface area (Å²) in [6.07, 6.45) is -0.168. The van der Waals surface area contributed by atoms with Gasteiger partial charge in [0.05, 0.1) is 19.4 Å². The molecule has 0 aromatic heterocycles. The summed E-state index contributed by atoms with van der Waals surface area (Å²) < 4.78 is 0. The SMILES string of the molecule is O=C(O)CCN1CC(=O)CC1=O. The maximum absolute atomic E-state index is 10.9. The fraction of sp³-hybridized carbons (Fsp3) is 0.571. The summed E-state index contributed by atoms with van der Waals surface area (Å²) in [7, 11) is 0. The van der Waals surface area contributed by atoms with Gasteiger partial charge in [0, 0.05) is 6.54 Å². The minimum Gasteiger partial charge on any atom is -0.481 e. The number of aliphatic carboxylic acids is 1. The summed E-state index contributed by atoms with van der Waals surface area (Å²) in [5, 5.41) is 8.30. The highest BCUT2D eigenvalue weighted by Gasteiger charge is 2.26. The topological polar surface area (TPSA) is 74.7 Å². The number of nitrogens with zero attached hydrogens (tertiary/aromatic N) is 1. The van der Waals surface area contributed by atoms with Crippen LogP contribution in [0.3, 0.4) is 0 Å². The van der Waals surface area contributed by atoms with Gasteiger partial charge >= 0.3 is 5.97 Å². The Morgan fingerprint density at radius 2 is 2.17 bits per heavy atom. The number of carboxylic acid groups (broad SMARTS) is 1. The van der Waals surface area contributed by atoms with Gasteiger partial charge in [-0.3, -0.25) is 14.4 Å². The zero-order valence-electron chi connectivity index (χ0n) is 6.45. The van der Waals surface area contributed by atoms with E-state index in [0.29, 0.717) is 0 Å². The minimum atomic E-state index is -0.956. The van der Waals surface area contributed by atoms with E-state index in [1.54, 1.807) is 0 Å². The predicted octanol–water partition coefficient (Wildman–Crippen LogP) is -0.737. The Kier molecular flexibility index (Phi) is 2.42. The van der Waals surface area contributed by atoms with Crippen LogP contribution in [0.15, 0.2) is 0 Å². The van der Waals surface area contributed by atoms with Crippen molar-refractivity contribution in [1.29, 1.82) is 0 Å². The highest BCUT2D eigenvalue weighted by Crippen LogP contribution is 2.06. The van der Waals surface area contributed by atoms with E-state index in [9.17, 15) is 14.4 Å². The molecule has 1 aliphatic rings. The van der Waals surface area contributed by atoms with Crippen molar-refractivity contribution >= 4 is 17.7 Å². The van der Waals surface area contributed by atoms with E-state index in [2.05, 4.69) is 0 Å². The predicted molar refractivity (Wildman–Crippen MR) is 38.5 cm³/mol. The molecule has 0 radical (unpaired) electrons. The molecule has 0 aromatic rings. The smallest absolute Gasteiger partial charge is 0.305 e. The molecule has 0 aromatic carbocycles. The third-order valence-corrected chi connectivity index (χ3v) is 1.66. The maximum atomic E-state index is 10.9. The first-order valence-electron chi connectivity index (χ1n) is 3.61. The van der Waals surface area contributed by atoms with Crippen molar-refractivity contribution in [2.45, 2.75) is 12.8 Å². The molecule has 1 amide bonds. The average Bonchev–Trinajstić information content (AvgIpc) is 2.26. The first kappa shape index (κ1) is 8.70. The molecular weight excluding hydrogens is 162 g/mol. The maximum Gasteiger partial charge on any atom is 0.305 e. The molecule has 66 valence electrons. The summed E-state index contributed by atoms with van der Waals surface area (Å²) in [6, 6.07) is 0. The van der Waals surface area contributed by atoms with Crippen LogP contribution in [0.4, 0.5) is 0 Å². The van der Waals surface area contributed by atoms with Gasteiger partial charge in [-0.15, -0.1) is 0 Å². The van der Waals surface area contributed by atoms with Gasteiger partial charge in [-0.05, 0) is 0 Å². The number of Topliss-reactive ketones (excluding diaryl/α,β-unsaturated/α-hetero) is 1. The fourth-order valence-corrected chi connectivity index (χ4v) is 1.07. The molecule has 1 fully saturated rings. The standard InChI is InChI=1S/C7H9NO4/c9-5-3-6(10)8(4-5)2-1-7(11)12/h1-4H2,(H,11,12). The Bertz CT molecular complexity index is 236. The Morgan fingerprint density at radius 3 is 2.58 bits per heavy atom. The lowest BCUT2D eigenvalue weighted by Gasteiger charge is -2.11. The van der Waals surface area contributed by atoms with Crippen molar-refractivity contribution < 1.29 is 19.5 Å². The zero-order valence-corrected chi connectivity index (χ0v) is 6.45. The van der Waals surface area contributed by atoms with Crippen LogP contribution in [0.1, 0.15) is 12.8 Å². The highest BCUT2D eigenvalue weighted by atomic mass is 16.4. The summed E-state index contributed by atoms with van der Waals surface area (Å²) in [4.78, 5) is 33.0. The summed E-state index contributed by atoms with van der Waals surface area (Å²) >= 11 is 0. The second-order valence-corrected chi connectivity index (χ2v) is 2.67. The molecule has 0 saturated carbocycles. The van der Waals surface area contributed by atoms with Gasteiger partial charge in [-0.25, -0.2) is 0 Å². The van der Waals surface area contributed by atoms with Gasteiger partial charge in [0.25, 0.3) is 0 Å². The summed E-state index contributed by atoms with van der Waals surface area (Å²) in [6.45, 7) is 0.214. The normalized spacial score (nSPS) is 17.2. The van der Waals surface area contributed by atoms with E-state index in [-0.39, 0.29) is 37.6 Å². The molecule has 0 unspecified atom stereocenters. The monoisotopic (exact) mass is 171 g/mol. The number of hydrogen-bond acceptors (Lipinski definition) is 3. The molecule has 1 N–H and O–H groups in total. The largest absolute Gasteiger partial charge is 0.481 e. The first-order chi connectivity index (χ1) is 5.59. The Labute approximate surface area is 69.0 Å². The average molecular weight is 171 g/mol. The molecule has 0 aliphatic carbocycles. The minimum absolute atomic E-state index is 0.0698. The van der Waals surface area contributed by atoms with E-state index < -0.39 is 5.97 Å². The number of carbonyl (C=O) groups excluding carboxylic acids is 2. The quantitative estimate of drug-likeness (QED) is 0.567. The van der Waals surface area contributed by atoms with Crippen LogP contribution in [0.2, 0.25) is 0 Å². The van der Waals surface area contributed by atoms with E-state index >= 15 is 0 Å². The van der Waals surface area contributed by atoms with Gasteiger partial charge < -0.3 is 10.0 Å². The van der Waals surface area contributed by atoms with Crippen molar-refractivity contribution in [3.63, 3.8) is 0 Å². The van der Waals surface area contributed by atoms with Crippen LogP contribution in [0.5, 0.6) is 0 Å². The number of ketones is 1. The van der Waals surface area contributed by atoms with E-state index in [0.717, 1.165) is 0 Å². The number of carboxylic acids is 1. The lowest BCUT2D eigenvalue weighted by Crippen LogP contribution is -2.27. The van der Waals surface area contributed by atoms with Crippen LogP contribution < -0.4 is 0 Å².